The molecule has 0 saturated heterocycles. The van der Waals surface area contributed by atoms with Crippen molar-refractivity contribution in [2.75, 3.05) is 20.1 Å². The Balaban J connectivity index is 2.56. The summed E-state index contributed by atoms with van der Waals surface area (Å²) in [6.07, 6.45) is 1.00. The summed E-state index contributed by atoms with van der Waals surface area (Å²) < 4.78 is 0. The minimum absolute atomic E-state index is 0.674. The SMILES string of the molecule is CN(CCCN)Cc1ccc(Cl)cc1Cl. The number of hydrogen-bond donors (Lipinski definition) is 1. The van der Waals surface area contributed by atoms with Crippen LogP contribution in [0.25, 0.3) is 0 Å². The van der Waals surface area contributed by atoms with E-state index in [4.69, 9.17) is 28.9 Å². The summed E-state index contributed by atoms with van der Waals surface area (Å²) in [4.78, 5) is 2.20. The van der Waals surface area contributed by atoms with Gasteiger partial charge in [0.1, 0.15) is 0 Å². The van der Waals surface area contributed by atoms with Gasteiger partial charge in [-0.2, -0.15) is 0 Å². The maximum atomic E-state index is 6.07. The normalized spacial score (nSPS) is 11.0. The Morgan fingerprint density at radius 1 is 1.33 bits per heavy atom. The second-order valence-corrected chi connectivity index (χ2v) is 4.46. The van der Waals surface area contributed by atoms with E-state index in [-0.39, 0.29) is 0 Å². The van der Waals surface area contributed by atoms with Crippen LogP contribution in [0.4, 0.5) is 0 Å². The number of nitrogens with two attached hydrogens (primary N) is 1. The molecule has 0 radical (unpaired) electrons. The first kappa shape index (κ1) is 12.8. The molecule has 2 N–H and O–H groups in total. The van der Waals surface area contributed by atoms with Crippen molar-refractivity contribution in [1.29, 1.82) is 0 Å². The van der Waals surface area contributed by atoms with Gasteiger partial charge < -0.3 is 10.6 Å². The van der Waals surface area contributed by atoms with E-state index in [1.165, 1.54) is 0 Å². The minimum atomic E-state index is 0.674. The van der Waals surface area contributed by atoms with Crippen LogP contribution in [0.15, 0.2) is 18.2 Å². The molecule has 0 aromatic heterocycles. The zero-order chi connectivity index (χ0) is 11.3. The van der Waals surface area contributed by atoms with Gasteiger partial charge in [0, 0.05) is 16.6 Å². The molecule has 0 unspecified atom stereocenters. The van der Waals surface area contributed by atoms with Crippen molar-refractivity contribution in [3.63, 3.8) is 0 Å². The highest BCUT2D eigenvalue weighted by Crippen LogP contribution is 2.21. The third-order valence-electron chi connectivity index (χ3n) is 2.20. The summed E-state index contributed by atoms with van der Waals surface area (Å²) in [5.74, 6) is 0. The molecule has 0 bridgehead atoms. The van der Waals surface area contributed by atoms with Crippen LogP contribution in [0.2, 0.25) is 10.0 Å². The molecule has 0 aliphatic carbocycles. The van der Waals surface area contributed by atoms with E-state index in [9.17, 15) is 0 Å². The Bertz CT molecular complexity index is 315. The Morgan fingerprint density at radius 3 is 2.67 bits per heavy atom. The standard InChI is InChI=1S/C11H16Cl2N2/c1-15(6-2-5-14)8-9-3-4-10(12)7-11(9)13/h3-4,7H,2,5-6,8,14H2,1H3. The molecular weight excluding hydrogens is 231 g/mol. The first-order valence-electron chi connectivity index (χ1n) is 4.96. The van der Waals surface area contributed by atoms with Gasteiger partial charge in [0.05, 0.1) is 0 Å². The van der Waals surface area contributed by atoms with Gasteiger partial charge >= 0.3 is 0 Å². The molecule has 15 heavy (non-hydrogen) atoms. The molecule has 0 aliphatic rings. The molecule has 0 heterocycles. The first-order valence-corrected chi connectivity index (χ1v) is 5.71. The molecule has 84 valence electrons. The lowest BCUT2D eigenvalue weighted by Crippen LogP contribution is -2.21. The average Bonchev–Trinajstić information content (AvgIpc) is 2.19. The van der Waals surface area contributed by atoms with E-state index in [1.807, 2.05) is 12.1 Å². The van der Waals surface area contributed by atoms with Crippen LogP contribution in [0, 0.1) is 0 Å². The molecule has 2 nitrogen and oxygen atoms in total. The number of benzene rings is 1. The summed E-state index contributed by atoms with van der Waals surface area (Å²) in [6.45, 7) is 2.53. The minimum Gasteiger partial charge on any atom is -0.330 e. The van der Waals surface area contributed by atoms with Gasteiger partial charge in [-0.15, -0.1) is 0 Å². The van der Waals surface area contributed by atoms with Gasteiger partial charge in [-0.1, -0.05) is 29.3 Å². The molecule has 0 aliphatic heterocycles. The molecule has 1 aromatic rings. The fraction of sp³-hybridized carbons (Fsp3) is 0.455. The van der Waals surface area contributed by atoms with Gasteiger partial charge in [0.25, 0.3) is 0 Å². The van der Waals surface area contributed by atoms with E-state index in [1.54, 1.807) is 6.07 Å². The molecule has 1 aromatic carbocycles. The molecular formula is C11H16Cl2N2. The van der Waals surface area contributed by atoms with Gasteiger partial charge in [0.2, 0.25) is 0 Å². The Morgan fingerprint density at radius 2 is 2.07 bits per heavy atom. The van der Waals surface area contributed by atoms with E-state index in [2.05, 4.69) is 11.9 Å². The van der Waals surface area contributed by atoms with Crippen molar-refractivity contribution in [2.24, 2.45) is 5.73 Å². The fourth-order valence-corrected chi connectivity index (χ4v) is 1.85. The summed E-state index contributed by atoms with van der Waals surface area (Å²) in [7, 11) is 2.06. The summed E-state index contributed by atoms with van der Waals surface area (Å²) >= 11 is 11.9. The molecule has 0 fully saturated rings. The van der Waals surface area contributed by atoms with Gasteiger partial charge in [0.15, 0.2) is 0 Å². The lowest BCUT2D eigenvalue weighted by molar-refractivity contribution is 0.324. The van der Waals surface area contributed by atoms with Crippen molar-refractivity contribution in [1.82, 2.24) is 4.90 Å². The second kappa shape index (κ2) is 6.33. The highest BCUT2D eigenvalue weighted by atomic mass is 35.5. The predicted molar refractivity (Wildman–Crippen MR) is 66.5 cm³/mol. The fourth-order valence-electron chi connectivity index (χ4n) is 1.38. The van der Waals surface area contributed by atoms with Crippen LogP contribution in [0.1, 0.15) is 12.0 Å². The zero-order valence-electron chi connectivity index (χ0n) is 8.84. The lowest BCUT2D eigenvalue weighted by atomic mass is 10.2. The summed E-state index contributed by atoms with van der Waals surface area (Å²) in [5.41, 5.74) is 6.55. The van der Waals surface area contributed by atoms with Crippen LogP contribution in [0.3, 0.4) is 0 Å². The van der Waals surface area contributed by atoms with Crippen LogP contribution in [0.5, 0.6) is 0 Å². The molecule has 0 amide bonds. The van der Waals surface area contributed by atoms with Crippen LogP contribution < -0.4 is 5.73 Å². The predicted octanol–water partition coefficient (Wildman–Crippen LogP) is 2.77. The second-order valence-electron chi connectivity index (χ2n) is 3.62. The average molecular weight is 247 g/mol. The number of hydrogen-bond acceptors (Lipinski definition) is 2. The van der Waals surface area contributed by atoms with E-state index in [0.29, 0.717) is 5.02 Å². The van der Waals surface area contributed by atoms with Crippen LogP contribution >= 0.6 is 23.2 Å². The van der Waals surface area contributed by atoms with Gasteiger partial charge in [-0.3, -0.25) is 0 Å². The largest absolute Gasteiger partial charge is 0.330 e. The maximum Gasteiger partial charge on any atom is 0.0465 e. The van der Waals surface area contributed by atoms with Crippen molar-refractivity contribution in [3.05, 3.63) is 33.8 Å². The maximum absolute atomic E-state index is 6.07. The molecule has 0 spiro atoms. The third-order valence-corrected chi connectivity index (χ3v) is 2.79. The molecule has 1 rings (SSSR count). The number of halogens is 2. The molecule has 0 saturated carbocycles. The monoisotopic (exact) mass is 246 g/mol. The van der Waals surface area contributed by atoms with Crippen molar-refractivity contribution in [3.8, 4) is 0 Å². The quantitative estimate of drug-likeness (QED) is 0.866. The Labute approximate surface area is 101 Å². The Kier molecular flexibility index (Phi) is 5.40. The number of nitrogens with zero attached hydrogens (tertiary/aromatic N) is 1. The van der Waals surface area contributed by atoms with Gasteiger partial charge in [-0.25, -0.2) is 0 Å². The van der Waals surface area contributed by atoms with E-state index >= 15 is 0 Å². The zero-order valence-corrected chi connectivity index (χ0v) is 10.4. The van der Waals surface area contributed by atoms with Crippen LogP contribution in [-0.2, 0) is 6.54 Å². The molecule has 0 atom stereocenters. The van der Waals surface area contributed by atoms with Crippen molar-refractivity contribution in [2.45, 2.75) is 13.0 Å². The topological polar surface area (TPSA) is 29.3 Å². The van der Waals surface area contributed by atoms with Crippen molar-refractivity contribution >= 4 is 23.2 Å². The van der Waals surface area contributed by atoms with Crippen molar-refractivity contribution < 1.29 is 0 Å². The Hall–Kier alpha value is -0.280. The highest BCUT2D eigenvalue weighted by Gasteiger charge is 2.04. The first-order chi connectivity index (χ1) is 7.13. The summed E-state index contributed by atoms with van der Waals surface area (Å²) in [6, 6.07) is 5.60. The smallest absolute Gasteiger partial charge is 0.0465 e. The third kappa shape index (κ3) is 4.39. The van der Waals surface area contributed by atoms with Gasteiger partial charge in [-0.05, 0) is 44.3 Å². The summed E-state index contributed by atoms with van der Waals surface area (Å²) in [5, 5.41) is 1.40. The van der Waals surface area contributed by atoms with E-state index < -0.39 is 0 Å². The molecule has 4 heteroatoms. The lowest BCUT2D eigenvalue weighted by Gasteiger charge is -2.16. The highest BCUT2D eigenvalue weighted by molar-refractivity contribution is 6.35. The number of rotatable bonds is 5. The van der Waals surface area contributed by atoms with Crippen LogP contribution in [-0.4, -0.2) is 25.0 Å². The van der Waals surface area contributed by atoms with E-state index in [0.717, 1.165) is 36.6 Å².